The monoisotopic (exact) mass is 332 g/mol. The Morgan fingerprint density at radius 3 is 2.40 bits per heavy atom. The first-order valence-electron chi connectivity index (χ1n) is 7.13. The van der Waals surface area contributed by atoms with Crippen molar-refractivity contribution in [3.63, 3.8) is 0 Å². The van der Waals surface area contributed by atoms with Crippen molar-refractivity contribution in [2.24, 2.45) is 0 Å². The minimum atomic E-state index is -0.566. The van der Waals surface area contributed by atoms with Gasteiger partial charge in [-0.15, -0.1) is 0 Å². The van der Waals surface area contributed by atoms with E-state index < -0.39 is 6.10 Å². The van der Waals surface area contributed by atoms with Crippen molar-refractivity contribution in [1.82, 2.24) is 0 Å². The maximum Gasteiger partial charge on any atom is 0.104 e. The van der Waals surface area contributed by atoms with Crippen LogP contribution in [0.4, 0.5) is 0 Å². The van der Waals surface area contributed by atoms with Gasteiger partial charge in [0, 0.05) is 4.47 Å². The molecule has 0 bridgehead atoms. The van der Waals surface area contributed by atoms with Gasteiger partial charge in [0.15, 0.2) is 0 Å². The van der Waals surface area contributed by atoms with Crippen LogP contribution in [0.15, 0.2) is 40.9 Å². The zero-order chi connectivity index (χ0) is 14.7. The molecular formula is C18H21BrO. The zero-order valence-corrected chi connectivity index (χ0v) is 13.9. The van der Waals surface area contributed by atoms with E-state index in [0.29, 0.717) is 0 Å². The number of aliphatic hydroxyl groups is 1. The minimum Gasteiger partial charge on any atom is -0.384 e. The number of aryl methyl sites for hydroxylation is 2. The van der Waals surface area contributed by atoms with Crippen molar-refractivity contribution in [3.05, 3.63) is 68.7 Å². The Hall–Kier alpha value is -1.12. The molecule has 0 aliphatic carbocycles. The van der Waals surface area contributed by atoms with E-state index in [9.17, 15) is 5.11 Å². The topological polar surface area (TPSA) is 20.2 Å². The van der Waals surface area contributed by atoms with Gasteiger partial charge in [0.2, 0.25) is 0 Å². The molecular weight excluding hydrogens is 312 g/mol. The SMILES string of the molecule is CCc1ccc(C(O)c2cccc(Br)c2C)cc1CC. The van der Waals surface area contributed by atoms with Crippen LogP contribution < -0.4 is 0 Å². The van der Waals surface area contributed by atoms with Gasteiger partial charge in [-0.2, -0.15) is 0 Å². The van der Waals surface area contributed by atoms with Gasteiger partial charge in [-0.05, 0) is 53.6 Å². The molecule has 106 valence electrons. The van der Waals surface area contributed by atoms with Gasteiger partial charge in [-0.3, -0.25) is 0 Å². The molecule has 2 aromatic rings. The fraction of sp³-hybridized carbons (Fsp3) is 0.333. The standard InChI is InChI=1S/C18H21BrO/c1-4-13-9-10-15(11-14(13)5-2)18(20)16-7-6-8-17(19)12(16)3/h6-11,18,20H,4-5H2,1-3H3. The summed E-state index contributed by atoms with van der Waals surface area (Å²) in [6.45, 7) is 6.36. The van der Waals surface area contributed by atoms with Gasteiger partial charge in [-0.25, -0.2) is 0 Å². The number of hydrogen-bond donors (Lipinski definition) is 1. The lowest BCUT2D eigenvalue weighted by Crippen LogP contribution is -2.04. The van der Waals surface area contributed by atoms with Crippen LogP contribution in [0.1, 0.15) is 47.8 Å². The van der Waals surface area contributed by atoms with Crippen LogP contribution in [-0.4, -0.2) is 5.11 Å². The summed E-state index contributed by atoms with van der Waals surface area (Å²) in [6.07, 6.45) is 1.47. The molecule has 0 spiro atoms. The molecule has 0 saturated carbocycles. The highest BCUT2D eigenvalue weighted by atomic mass is 79.9. The minimum absolute atomic E-state index is 0.566. The van der Waals surface area contributed by atoms with E-state index in [1.54, 1.807) is 0 Å². The Morgan fingerprint density at radius 1 is 1.05 bits per heavy atom. The summed E-state index contributed by atoms with van der Waals surface area (Å²) in [5.41, 5.74) is 5.73. The largest absolute Gasteiger partial charge is 0.384 e. The molecule has 20 heavy (non-hydrogen) atoms. The van der Waals surface area contributed by atoms with Crippen molar-refractivity contribution in [2.45, 2.75) is 39.7 Å². The van der Waals surface area contributed by atoms with E-state index in [1.165, 1.54) is 11.1 Å². The Balaban J connectivity index is 2.43. The number of hydrogen-bond acceptors (Lipinski definition) is 1. The molecule has 0 aliphatic heterocycles. The predicted octanol–water partition coefficient (Wildman–Crippen LogP) is 4.96. The summed E-state index contributed by atoms with van der Waals surface area (Å²) < 4.78 is 1.04. The third-order valence-corrected chi connectivity index (χ3v) is 4.77. The fourth-order valence-corrected chi connectivity index (χ4v) is 2.97. The van der Waals surface area contributed by atoms with Gasteiger partial charge in [0.1, 0.15) is 6.10 Å². The molecule has 0 aromatic heterocycles. The van der Waals surface area contributed by atoms with Crippen molar-refractivity contribution >= 4 is 15.9 Å². The number of aliphatic hydroxyl groups excluding tert-OH is 1. The molecule has 1 nitrogen and oxygen atoms in total. The van der Waals surface area contributed by atoms with Gasteiger partial charge in [0.25, 0.3) is 0 Å². The lowest BCUT2D eigenvalue weighted by atomic mass is 9.93. The van der Waals surface area contributed by atoms with Crippen molar-refractivity contribution < 1.29 is 5.11 Å². The quantitative estimate of drug-likeness (QED) is 0.838. The summed E-state index contributed by atoms with van der Waals surface area (Å²) in [5.74, 6) is 0. The third-order valence-electron chi connectivity index (χ3n) is 3.91. The smallest absolute Gasteiger partial charge is 0.104 e. The van der Waals surface area contributed by atoms with Crippen LogP contribution in [0.3, 0.4) is 0 Å². The molecule has 0 radical (unpaired) electrons. The molecule has 0 saturated heterocycles. The molecule has 0 fully saturated rings. The second-order valence-corrected chi connectivity index (χ2v) is 5.95. The second kappa shape index (κ2) is 6.55. The van der Waals surface area contributed by atoms with Crippen molar-refractivity contribution in [3.8, 4) is 0 Å². The molecule has 1 unspecified atom stereocenters. The van der Waals surface area contributed by atoms with E-state index in [-0.39, 0.29) is 0 Å². The average Bonchev–Trinajstić information content (AvgIpc) is 2.48. The van der Waals surface area contributed by atoms with E-state index >= 15 is 0 Å². The number of halogens is 1. The third kappa shape index (κ3) is 2.97. The average molecular weight is 333 g/mol. The number of benzene rings is 2. The van der Waals surface area contributed by atoms with E-state index in [4.69, 9.17) is 0 Å². The maximum atomic E-state index is 10.7. The van der Waals surface area contributed by atoms with Crippen LogP contribution in [0.25, 0.3) is 0 Å². The predicted molar refractivity (Wildman–Crippen MR) is 88.1 cm³/mol. The van der Waals surface area contributed by atoms with Gasteiger partial charge >= 0.3 is 0 Å². The highest BCUT2D eigenvalue weighted by molar-refractivity contribution is 9.10. The van der Waals surface area contributed by atoms with E-state index in [0.717, 1.165) is 34.0 Å². The summed E-state index contributed by atoms with van der Waals surface area (Å²) in [7, 11) is 0. The van der Waals surface area contributed by atoms with Gasteiger partial charge < -0.3 is 5.11 Å². The summed E-state index contributed by atoms with van der Waals surface area (Å²) in [6, 6.07) is 12.3. The first kappa shape index (κ1) is 15.3. The summed E-state index contributed by atoms with van der Waals surface area (Å²) in [4.78, 5) is 0. The first-order valence-corrected chi connectivity index (χ1v) is 7.92. The van der Waals surface area contributed by atoms with Crippen LogP contribution in [0.2, 0.25) is 0 Å². The van der Waals surface area contributed by atoms with E-state index in [2.05, 4.69) is 41.9 Å². The molecule has 2 heteroatoms. The highest BCUT2D eigenvalue weighted by Gasteiger charge is 2.15. The molecule has 0 amide bonds. The van der Waals surface area contributed by atoms with Crippen LogP contribution in [0, 0.1) is 6.92 Å². The lowest BCUT2D eigenvalue weighted by molar-refractivity contribution is 0.219. The maximum absolute atomic E-state index is 10.7. The van der Waals surface area contributed by atoms with Crippen molar-refractivity contribution in [2.75, 3.05) is 0 Å². The molecule has 0 heterocycles. The molecule has 2 rings (SSSR count). The van der Waals surface area contributed by atoms with Crippen LogP contribution in [-0.2, 0) is 12.8 Å². The lowest BCUT2D eigenvalue weighted by Gasteiger charge is -2.17. The van der Waals surface area contributed by atoms with Crippen LogP contribution >= 0.6 is 15.9 Å². The Bertz CT molecular complexity index is 604. The summed E-state index contributed by atoms with van der Waals surface area (Å²) >= 11 is 3.53. The van der Waals surface area contributed by atoms with Crippen LogP contribution in [0.5, 0.6) is 0 Å². The van der Waals surface area contributed by atoms with Gasteiger partial charge in [0.05, 0.1) is 0 Å². The Kier molecular flexibility index (Phi) is 5.00. The second-order valence-electron chi connectivity index (χ2n) is 5.09. The molecule has 1 N–H and O–H groups in total. The van der Waals surface area contributed by atoms with Crippen molar-refractivity contribution in [1.29, 1.82) is 0 Å². The Labute approximate surface area is 129 Å². The Morgan fingerprint density at radius 2 is 1.75 bits per heavy atom. The normalized spacial score (nSPS) is 12.4. The fourth-order valence-electron chi connectivity index (χ4n) is 2.59. The molecule has 0 aliphatic rings. The zero-order valence-electron chi connectivity index (χ0n) is 12.3. The highest BCUT2D eigenvalue weighted by Crippen LogP contribution is 2.30. The van der Waals surface area contributed by atoms with Gasteiger partial charge in [-0.1, -0.05) is 60.1 Å². The summed E-state index contributed by atoms with van der Waals surface area (Å²) in [5, 5.41) is 10.7. The molecule has 2 aromatic carbocycles. The van der Waals surface area contributed by atoms with E-state index in [1.807, 2.05) is 31.2 Å². The number of rotatable bonds is 4. The first-order chi connectivity index (χ1) is 9.58. The molecule has 1 atom stereocenters.